The first-order valence-electron chi connectivity index (χ1n) is 1.78. The summed E-state index contributed by atoms with van der Waals surface area (Å²) in [6, 6.07) is 0.00617. The van der Waals surface area contributed by atoms with Gasteiger partial charge in [0.05, 0.1) is 6.61 Å². The normalized spacial score (nSPS) is 14.5. The molecule has 0 saturated carbocycles. The molecule has 3 heteroatoms. The number of nitrogens with one attached hydrogen (secondary N) is 1. The van der Waals surface area contributed by atoms with E-state index in [1.54, 1.807) is 6.92 Å². The van der Waals surface area contributed by atoms with Gasteiger partial charge in [0.1, 0.15) is 0 Å². The third-order valence-corrected chi connectivity index (χ3v) is 0.833. The van der Waals surface area contributed by atoms with Crippen LogP contribution in [-0.4, -0.2) is 17.8 Å². The predicted molar refractivity (Wildman–Crippen MR) is 25.5 cm³/mol. The molecule has 0 aromatic heterocycles. The minimum atomic E-state index is 0.00617. The van der Waals surface area contributed by atoms with E-state index in [4.69, 9.17) is 16.9 Å². The number of hydrogen-bond acceptors (Lipinski definition) is 2. The van der Waals surface area contributed by atoms with Crippen LogP contribution >= 0.6 is 11.8 Å². The highest BCUT2D eigenvalue weighted by atomic mass is 35.5. The zero-order chi connectivity index (χ0) is 4.99. The van der Waals surface area contributed by atoms with Crippen LogP contribution in [0, 0.1) is 0 Å². The first-order valence-corrected chi connectivity index (χ1v) is 2.16. The van der Waals surface area contributed by atoms with E-state index in [-0.39, 0.29) is 12.6 Å². The molecule has 38 valence electrons. The zero-order valence-corrected chi connectivity index (χ0v) is 4.37. The third-order valence-electron chi connectivity index (χ3n) is 0.460. The van der Waals surface area contributed by atoms with Crippen LogP contribution in [0.2, 0.25) is 0 Å². The molecule has 0 saturated heterocycles. The first kappa shape index (κ1) is 6.21. The summed E-state index contributed by atoms with van der Waals surface area (Å²) >= 11 is 5.04. The van der Waals surface area contributed by atoms with Crippen LogP contribution in [0.15, 0.2) is 0 Å². The number of rotatable bonds is 2. The maximum Gasteiger partial charge on any atom is 0.0594 e. The van der Waals surface area contributed by atoms with E-state index in [0.717, 1.165) is 0 Å². The van der Waals surface area contributed by atoms with Gasteiger partial charge in [-0.05, 0) is 18.7 Å². The summed E-state index contributed by atoms with van der Waals surface area (Å²) in [5.41, 5.74) is 0. The van der Waals surface area contributed by atoms with Crippen LogP contribution in [0.1, 0.15) is 6.92 Å². The molecule has 0 aliphatic heterocycles. The molecule has 1 atom stereocenters. The van der Waals surface area contributed by atoms with Crippen LogP contribution in [0.5, 0.6) is 0 Å². The van der Waals surface area contributed by atoms with Crippen molar-refractivity contribution in [2.45, 2.75) is 13.0 Å². The molecular weight excluding hydrogens is 101 g/mol. The molecule has 0 heterocycles. The molecule has 0 aliphatic rings. The lowest BCUT2D eigenvalue weighted by Crippen LogP contribution is -2.19. The third kappa shape index (κ3) is 2.45. The molecule has 2 N–H and O–H groups in total. The molecule has 0 aliphatic carbocycles. The maximum atomic E-state index is 8.19. The summed E-state index contributed by atoms with van der Waals surface area (Å²) in [4.78, 5) is 2.34. The molecule has 0 aromatic rings. The van der Waals surface area contributed by atoms with Gasteiger partial charge in [-0.15, -0.1) is 0 Å². The molecule has 0 unspecified atom stereocenters. The summed E-state index contributed by atoms with van der Waals surface area (Å²) in [5.74, 6) is 0. The molecule has 0 spiro atoms. The fourth-order valence-electron chi connectivity index (χ4n) is 0.0345. The van der Waals surface area contributed by atoms with E-state index in [9.17, 15) is 0 Å². The Balaban J connectivity index is 2.75. The van der Waals surface area contributed by atoms with Crippen LogP contribution < -0.4 is 4.84 Å². The Kier molecular flexibility index (Phi) is 3.52. The average molecular weight is 110 g/mol. The largest absolute Gasteiger partial charge is 0.395 e. The topological polar surface area (TPSA) is 32.3 Å². The lowest BCUT2D eigenvalue weighted by atomic mass is 10.4. The summed E-state index contributed by atoms with van der Waals surface area (Å²) < 4.78 is 0. The van der Waals surface area contributed by atoms with E-state index in [0.29, 0.717) is 0 Å². The van der Waals surface area contributed by atoms with Crippen molar-refractivity contribution in [3.05, 3.63) is 0 Å². The van der Waals surface area contributed by atoms with Gasteiger partial charge in [-0.25, -0.2) is 4.84 Å². The Labute approximate surface area is 42.2 Å². The van der Waals surface area contributed by atoms with E-state index in [2.05, 4.69) is 4.84 Å². The molecular formula is C3H8ClNO. The van der Waals surface area contributed by atoms with Gasteiger partial charge in [0.2, 0.25) is 0 Å². The highest BCUT2D eigenvalue weighted by Gasteiger charge is 1.90. The van der Waals surface area contributed by atoms with Gasteiger partial charge < -0.3 is 5.11 Å². The Bertz CT molecular complexity index is 30.0. The average Bonchev–Trinajstić information content (AvgIpc) is 1.65. The van der Waals surface area contributed by atoms with Crippen molar-refractivity contribution in [1.82, 2.24) is 4.84 Å². The van der Waals surface area contributed by atoms with Crippen molar-refractivity contribution in [2.24, 2.45) is 0 Å². The van der Waals surface area contributed by atoms with Crippen molar-refractivity contribution in [3.63, 3.8) is 0 Å². The highest BCUT2D eigenvalue weighted by Crippen LogP contribution is 1.76. The van der Waals surface area contributed by atoms with Gasteiger partial charge in [-0.1, -0.05) is 0 Å². The summed E-state index contributed by atoms with van der Waals surface area (Å²) in [6.45, 7) is 1.87. The monoisotopic (exact) mass is 109 g/mol. The molecule has 2 nitrogen and oxygen atoms in total. The van der Waals surface area contributed by atoms with Crippen molar-refractivity contribution in [3.8, 4) is 0 Å². The van der Waals surface area contributed by atoms with Gasteiger partial charge in [0, 0.05) is 6.04 Å². The fourth-order valence-corrected chi connectivity index (χ4v) is 0.104. The smallest absolute Gasteiger partial charge is 0.0594 e. The van der Waals surface area contributed by atoms with Gasteiger partial charge >= 0.3 is 0 Å². The Morgan fingerprint density at radius 3 is 2.50 bits per heavy atom. The van der Waals surface area contributed by atoms with Crippen LogP contribution in [0.25, 0.3) is 0 Å². The highest BCUT2D eigenvalue weighted by molar-refractivity contribution is 6.13. The van der Waals surface area contributed by atoms with Gasteiger partial charge in [0.15, 0.2) is 0 Å². The molecule has 0 bridgehead atoms. The quantitative estimate of drug-likeness (QED) is 0.494. The van der Waals surface area contributed by atoms with Crippen molar-refractivity contribution < 1.29 is 5.11 Å². The lowest BCUT2D eigenvalue weighted by Gasteiger charge is -1.98. The lowest BCUT2D eigenvalue weighted by molar-refractivity contribution is 0.266. The predicted octanol–water partition coefficient (Wildman–Crippen LogP) is 0.111. The zero-order valence-electron chi connectivity index (χ0n) is 3.61. The second kappa shape index (κ2) is 3.40. The molecule has 0 radical (unpaired) electrons. The van der Waals surface area contributed by atoms with E-state index >= 15 is 0 Å². The Hall–Kier alpha value is 0.210. The SMILES string of the molecule is C[C@H](CO)NCl. The van der Waals surface area contributed by atoms with Crippen molar-refractivity contribution >= 4 is 11.8 Å². The first-order chi connectivity index (χ1) is 2.81. The maximum absolute atomic E-state index is 8.19. The minimum Gasteiger partial charge on any atom is -0.395 e. The van der Waals surface area contributed by atoms with Crippen molar-refractivity contribution in [2.75, 3.05) is 6.61 Å². The summed E-state index contributed by atoms with van der Waals surface area (Å²) in [6.07, 6.45) is 0. The van der Waals surface area contributed by atoms with Crippen LogP contribution in [0.4, 0.5) is 0 Å². The van der Waals surface area contributed by atoms with E-state index in [1.165, 1.54) is 0 Å². The summed E-state index contributed by atoms with van der Waals surface area (Å²) in [5, 5.41) is 8.19. The molecule has 0 rings (SSSR count). The van der Waals surface area contributed by atoms with Crippen LogP contribution in [-0.2, 0) is 0 Å². The fraction of sp³-hybridized carbons (Fsp3) is 1.00. The van der Waals surface area contributed by atoms with Gasteiger partial charge in [-0.2, -0.15) is 0 Å². The second-order valence-corrected chi connectivity index (χ2v) is 1.41. The number of aliphatic hydroxyl groups excluding tert-OH is 1. The molecule has 0 fully saturated rings. The second-order valence-electron chi connectivity index (χ2n) is 1.19. The van der Waals surface area contributed by atoms with Crippen LogP contribution in [0.3, 0.4) is 0 Å². The number of aliphatic hydroxyl groups is 1. The number of halogens is 1. The van der Waals surface area contributed by atoms with Crippen molar-refractivity contribution in [1.29, 1.82) is 0 Å². The Morgan fingerprint density at radius 2 is 2.50 bits per heavy atom. The standard InChI is InChI=1S/C3H8ClNO/c1-3(2-6)5-4/h3,5-6H,2H2,1H3/t3-/m1/s1. The van der Waals surface area contributed by atoms with E-state index < -0.39 is 0 Å². The Morgan fingerprint density at radius 1 is 2.00 bits per heavy atom. The minimum absolute atomic E-state index is 0.00617. The molecule has 0 aromatic carbocycles. The van der Waals surface area contributed by atoms with Gasteiger partial charge in [-0.3, -0.25) is 0 Å². The van der Waals surface area contributed by atoms with E-state index in [1.807, 2.05) is 0 Å². The molecule has 0 amide bonds. The van der Waals surface area contributed by atoms with Gasteiger partial charge in [0.25, 0.3) is 0 Å². The molecule has 6 heavy (non-hydrogen) atoms. The summed E-state index contributed by atoms with van der Waals surface area (Å²) in [7, 11) is 0. The number of hydrogen-bond donors (Lipinski definition) is 2.